The molecule has 0 radical (unpaired) electrons. The van der Waals surface area contributed by atoms with Crippen LogP contribution in [0, 0.1) is 22.7 Å². The number of hydrogen-bond donors (Lipinski definition) is 0. The van der Waals surface area contributed by atoms with Gasteiger partial charge in [-0.2, -0.15) is 0 Å². The van der Waals surface area contributed by atoms with E-state index in [0.29, 0.717) is 17.6 Å². The average molecular weight is 312 g/mol. The van der Waals surface area contributed by atoms with Gasteiger partial charge >= 0.3 is 0 Å². The van der Waals surface area contributed by atoms with Crippen LogP contribution < -0.4 is 0 Å². The molecule has 0 aromatic heterocycles. The second kappa shape index (κ2) is 5.09. The summed E-state index contributed by atoms with van der Waals surface area (Å²) in [6, 6.07) is 0. The van der Waals surface area contributed by atoms with Crippen molar-refractivity contribution in [1.82, 2.24) is 0 Å². The second-order valence-corrected chi connectivity index (χ2v) is 8.23. The Morgan fingerprint density at radius 2 is 2.09 bits per heavy atom. The number of Topliss-reactive ketones (excluding diaryl/α,β-unsaturated/α-hetero) is 1. The fourth-order valence-electron chi connectivity index (χ4n) is 5.69. The quantitative estimate of drug-likeness (QED) is 0.673. The van der Waals surface area contributed by atoms with Gasteiger partial charge in [-0.15, -0.1) is 0 Å². The highest BCUT2D eigenvalue weighted by Gasteiger charge is 2.55. The van der Waals surface area contributed by atoms with Crippen molar-refractivity contribution >= 4 is 5.78 Å². The van der Waals surface area contributed by atoms with E-state index >= 15 is 0 Å². The maximum atomic E-state index is 12.4. The van der Waals surface area contributed by atoms with Crippen molar-refractivity contribution in [3.05, 3.63) is 35.1 Å². The standard InChI is InChI=1S/C21H28O2/c1-4-23-15-9-11-20(2)14(13-15)5-6-16-17-7-8-19(22)21(17,3)12-10-18(16)20/h5,10,13,16-17H,4,6-9,11-12H2,1-3H3. The highest BCUT2D eigenvalue weighted by molar-refractivity contribution is 5.87. The molecule has 0 bridgehead atoms. The topological polar surface area (TPSA) is 26.3 Å². The lowest BCUT2D eigenvalue weighted by Crippen LogP contribution is -2.43. The predicted molar refractivity (Wildman–Crippen MR) is 91.8 cm³/mol. The Balaban J connectivity index is 1.72. The van der Waals surface area contributed by atoms with E-state index in [0.717, 1.165) is 50.9 Å². The molecule has 4 aliphatic carbocycles. The molecule has 23 heavy (non-hydrogen) atoms. The highest BCUT2D eigenvalue weighted by atomic mass is 16.5. The summed E-state index contributed by atoms with van der Waals surface area (Å²) in [7, 11) is 0. The molecule has 0 saturated heterocycles. The molecule has 0 aliphatic heterocycles. The Kier molecular flexibility index (Phi) is 3.37. The lowest BCUT2D eigenvalue weighted by molar-refractivity contribution is -0.127. The van der Waals surface area contributed by atoms with E-state index in [4.69, 9.17) is 4.74 Å². The van der Waals surface area contributed by atoms with Crippen LogP contribution in [-0.4, -0.2) is 12.4 Å². The van der Waals surface area contributed by atoms with Gasteiger partial charge in [0.05, 0.1) is 12.4 Å². The van der Waals surface area contributed by atoms with Gasteiger partial charge in [0, 0.05) is 23.7 Å². The van der Waals surface area contributed by atoms with Gasteiger partial charge in [-0.05, 0) is 56.1 Å². The SMILES string of the molecule is CCOC1=CC2=CCC3C(=CCC4(C)C(=O)CCC34)C2(C)CC1. The van der Waals surface area contributed by atoms with Crippen molar-refractivity contribution in [1.29, 1.82) is 0 Å². The zero-order valence-electron chi connectivity index (χ0n) is 14.7. The summed E-state index contributed by atoms with van der Waals surface area (Å²) in [5, 5.41) is 0. The minimum Gasteiger partial charge on any atom is -0.498 e. The molecule has 0 amide bonds. The first-order valence-electron chi connectivity index (χ1n) is 9.27. The van der Waals surface area contributed by atoms with E-state index in [1.165, 1.54) is 5.57 Å². The Morgan fingerprint density at radius 1 is 1.26 bits per heavy atom. The molecule has 4 rings (SSSR count). The number of ketones is 1. The zero-order chi connectivity index (χ0) is 16.2. The number of hydrogen-bond acceptors (Lipinski definition) is 2. The number of rotatable bonds is 2. The molecule has 0 spiro atoms. The predicted octanol–water partition coefficient (Wildman–Crippen LogP) is 4.97. The van der Waals surface area contributed by atoms with Crippen molar-refractivity contribution in [3.63, 3.8) is 0 Å². The minimum atomic E-state index is -0.0865. The molecule has 4 atom stereocenters. The smallest absolute Gasteiger partial charge is 0.139 e. The van der Waals surface area contributed by atoms with Crippen LogP contribution in [0.15, 0.2) is 35.1 Å². The Bertz CT molecular complexity index is 638. The Hall–Kier alpha value is -1.31. The van der Waals surface area contributed by atoms with Crippen LogP contribution in [0.4, 0.5) is 0 Å². The van der Waals surface area contributed by atoms with Gasteiger partial charge in [0.25, 0.3) is 0 Å². The van der Waals surface area contributed by atoms with Gasteiger partial charge in [-0.3, -0.25) is 4.79 Å². The first kappa shape index (κ1) is 15.2. The molecule has 1 saturated carbocycles. The fourth-order valence-corrected chi connectivity index (χ4v) is 5.69. The molecule has 2 heteroatoms. The molecule has 4 unspecified atom stereocenters. The third kappa shape index (κ3) is 2.03. The summed E-state index contributed by atoms with van der Waals surface area (Å²) in [6.45, 7) is 7.44. The van der Waals surface area contributed by atoms with Crippen LogP contribution in [0.2, 0.25) is 0 Å². The fraction of sp³-hybridized carbons (Fsp3) is 0.667. The van der Waals surface area contributed by atoms with Crippen LogP contribution in [0.5, 0.6) is 0 Å². The third-order valence-corrected chi connectivity index (χ3v) is 7.15. The Morgan fingerprint density at radius 3 is 2.87 bits per heavy atom. The number of carbonyl (C=O) groups is 1. The van der Waals surface area contributed by atoms with Crippen LogP contribution in [0.25, 0.3) is 0 Å². The van der Waals surface area contributed by atoms with Crippen LogP contribution >= 0.6 is 0 Å². The number of carbonyl (C=O) groups excluding carboxylic acids is 1. The summed E-state index contributed by atoms with van der Waals surface area (Å²) in [5.41, 5.74) is 3.15. The summed E-state index contributed by atoms with van der Waals surface area (Å²) in [4.78, 5) is 12.4. The Labute approximate surface area is 139 Å². The van der Waals surface area contributed by atoms with Gasteiger partial charge in [0.15, 0.2) is 0 Å². The molecule has 1 fully saturated rings. The van der Waals surface area contributed by atoms with Crippen LogP contribution in [0.1, 0.15) is 59.3 Å². The minimum absolute atomic E-state index is 0.0865. The first-order valence-corrected chi connectivity index (χ1v) is 9.27. The van der Waals surface area contributed by atoms with Crippen molar-refractivity contribution in [2.75, 3.05) is 6.61 Å². The lowest BCUT2D eigenvalue weighted by atomic mass is 9.53. The summed E-state index contributed by atoms with van der Waals surface area (Å²) < 4.78 is 5.77. The third-order valence-electron chi connectivity index (χ3n) is 7.15. The average Bonchev–Trinajstić information content (AvgIpc) is 2.84. The molecule has 0 N–H and O–H groups in total. The summed E-state index contributed by atoms with van der Waals surface area (Å²) >= 11 is 0. The van der Waals surface area contributed by atoms with Crippen LogP contribution in [0.3, 0.4) is 0 Å². The molecule has 0 heterocycles. The van der Waals surface area contributed by atoms with E-state index < -0.39 is 0 Å². The normalized spacial score (nSPS) is 42.0. The van der Waals surface area contributed by atoms with E-state index in [1.54, 1.807) is 5.57 Å². The maximum absolute atomic E-state index is 12.4. The van der Waals surface area contributed by atoms with Gasteiger partial charge in [0.1, 0.15) is 5.78 Å². The van der Waals surface area contributed by atoms with E-state index in [-0.39, 0.29) is 10.8 Å². The molecule has 0 aromatic rings. The first-order chi connectivity index (χ1) is 11.0. The molecular weight excluding hydrogens is 284 g/mol. The molecule has 2 nitrogen and oxygen atoms in total. The van der Waals surface area contributed by atoms with Gasteiger partial charge in [-0.1, -0.05) is 31.6 Å². The largest absolute Gasteiger partial charge is 0.498 e. The highest BCUT2D eigenvalue weighted by Crippen LogP contribution is 2.61. The number of ether oxygens (including phenoxy) is 1. The van der Waals surface area contributed by atoms with Gasteiger partial charge in [0.2, 0.25) is 0 Å². The van der Waals surface area contributed by atoms with Crippen molar-refractivity contribution in [2.24, 2.45) is 22.7 Å². The summed E-state index contributed by atoms with van der Waals surface area (Å²) in [5.74, 6) is 2.78. The monoisotopic (exact) mass is 312 g/mol. The van der Waals surface area contributed by atoms with Gasteiger partial charge < -0.3 is 4.74 Å². The molecule has 0 aromatic carbocycles. The lowest BCUT2D eigenvalue weighted by Gasteiger charge is -2.50. The second-order valence-electron chi connectivity index (χ2n) is 8.23. The number of allylic oxidation sites excluding steroid dienone is 6. The van der Waals surface area contributed by atoms with E-state index in [1.807, 2.05) is 0 Å². The van der Waals surface area contributed by atoms with E-state index in [9.17, 15) is 4.79 Å². The van der Waals surface area contributed by atoms with Crippen molar-refractivity contribution in [3.8, 4) is 0 Å². The summed E-state index contributed by atoms with van der Waals surface area (Å²) in [6.07, 6.45) is 13.3. The number of fused-ring (bicyclic) bond motifs is 5. The maximum Gasteiger partial charge on any atom is 0.139 e. The zero-order valence-corrected chi connectivity index (χ0v) is 14.7. The van der Waals surface area contributed by atoms with E-state index in [2.05, 4.69) is 39.0 Å². The molecule has 4 aliphatic rings. The molecule has 124 valence electrons. The van der Waals surface area contributed by atoms with Crippen LogP contribution in [-0.2, 0) is 9.53 Å². The van der Waals surface area contributed by atoms with Crippen molar-refractivity contribution in [2.45, 2.75) is 59.3 Å². The van der Waals surface area contributed by atoms with Crippen molar-refractivity contribution < 1.29 is 9.53 Å². The van der Waals surface area contributed by atoms with Gasteiger partial charge in [-0.25, -0.2) is 0 Å². The molecular formula is C21H28O2.